The number of hydrogen-bond donors (Lipinski definition) is 1. The second-order valence-corrected chi connectivity index (χ2v) is 5.05. The van der Waals surface area contributed by atoms with Gasteiger partial charge in [-0.3, -0.25) is 9.78 Å². The first-order chi connectivity index (χ1) is 10.4. The van der Waals surface area contributed by atoms with Crippen molar-refractivity contribution in [3.8, 4) is 11.3 Å². The summed E-state index contributed by atoms with van der Waals surface area (Å²) < 4.78 is 5.12. The number of aldehydes is 1. The van der Waals surface area contributed by atoms with Crippen molar-refractivity contribution < 1.29 is 14.3 Å². The third kappa shape index (κ3) is 3.34. The molecule has 0 aliphatic heterocycles. The highest BCUT2D eigenvalue weighted by Crippen LogP contribution is 2.25. The van der Waals surface area contributed by atoms with Gasteiger partial charge >= 0.3 is 5.97 Å². The predicted molar refractivity (Wildman–Crippen MR) is 85.4 cm³/mol. The molecule has 5 nitrogen and oxygen atoms in total. The van der Waals surface area contributed by atoms with Crippen LogP contribution in [0.5, 0.6) is 0 Å². The van der Waals surface area contributed by atoms with E-state index in [9.17, 15) is 9.59 Å². The predicted octanol–water partition coefficient (Wildman–Crippen LogP) is 1.50. The molecule has 6 heteroatoms. The molecule has 0 saturated heterocycles. The molecule has 1 aromatic heterocycles. The number of benzene rings is 1. The summed E-state index contributed by atoms with van der Waals surface area (Å²) in [7, 11) is 5.67. The normalized spacial score (nSPS) is 10.5. The smallest absolute Gasteiger partial charge is 0.338 e. The van der Waals surface area contributed by atoms with E-state index in [1.807, 2.05) is 0 Å². The van der Waals surface area contributed by atoms with Crippen LogP contribution in [0.25, 0.3) is 11.3 Å². The van der Waals surface area contributed by atoms with Crippen molar-refractivity contribution in [2.45, 2.75) is 20.0 Å². The van der Waals surface area contributed by atoms with Gasteiger partial charge in [-0.05, 0) is 37.6 Å². The molecule has 1 heterocycles. The van der Waals surface area contributed by atoms with Crippen molar-refractivity contribution in [3.63, 3.8) is 0 Å². The van der Waals surface area contributed by atoms with Gasteiger partial charge in [0.2, 0.25) is 0 Å². The second-order valence-electron chi connectivity index (χ2n) is 5.05. The number of anilines is 1. The molecule has 0 saturated carbocycles. The van der Waals surface area contributed by atoms with Crippen LogP contribution in [0.4, 0.5) is 5.69 Å². The van der Waals surface area contributed by atoms with Crippen LogP contribution < -0.4 is 11.3 Å². The number of carbonyl (C=O) groups is 2. The zero-order valence-corrected chi connectivity index (χ0v) is 12.4. The summed E-state index contributed by atoms with van der Waals surface area (Å²) in [6.45, 7) is 3.56. The monoisotopic (exact) mass is 294 g/mol. The molecule has 2 aromatic rings. The fourth-order valence-corrected chi connectivity index (χ4v) is 1.96. The number of aromatic nitrogens is 1. The Labute approximate surface area is 129 Å². The van der Waals surface area contributed by atoms with Crippen LogP contribution in [0, 0.1) is 0 Å². The Hall–Kier alpha value is -2.63. The van der Waals surface area contributed by atoms with E-state index < -0.39 is 5.97 Å². The number of rotatable bonds is 4. The summed E-state index contributed by atoms with van der Waals surface area (Å²) in [4.78, 5) is 26.9. The van der Waals surface area contributed by atoms with Crippen LogP contribution in [-0.2, 0) is 4.74 Å². The molecule has 0 aliphatic rings. The minimum Gasteiger partial charge on any atom is -0.459 e. The minimum atomic E-state index is -0.399. The van der Waals surface area contributed by atoms with Crippen LogP contribution >= 0.6 is 0 Å². The molecule has 0 aliphatic carbocycles. The number of ether oxygens (including phenoxy) is 1. The number of esters is 1. The van der Waals surface area contributed by atoms with Crippen LogP contribution in [0.1, 0.15) is 34.6 Å². The van der Waals surface area contributed by atoms with E-state index in [-0.39, 0.29) is 22.9 Å². The Morgan fingerprint density at radius 3 is 2.50 bits per heavy atom. The lowest BCUT2D eigenvalue weighted by Gasteiger charge is -2.10. The number of pyridine rings is 1. The van der Waals surface area contributed by atoms with Gasteiger partial charge in [0.15, 0.2) is 6.29 Å². The van der Waals surface area contributed by atoms with E-state index in [1.54, 1.807) is 38.1 Å². The quantitative estimate of drug-likeness (QED) is 0.525. The first kappa shape index (κ1) is 15.8. The van der Waals surface area contributed by atoms with Crippen molar-refractivity contribution in [3.05, 3.63) is 41.5 Å². The zero-order chi connectivity index (χ0) is 16.3. The van der Waals surface area contributed by atoms with E-state index in [1.165, 1.54) is 6.07 Å². The molecule has 0 fully saturated rings. The molecule has 1 aromatic carbocycles. The number of nitrogen functional groups attached to an aromatic ring is 1. The lowest BCUT2D eigenvalue weighted by atomic mass is 9.97. The first-order valence-corrected chi connectivity index (χ1v) is 6.75. The van der Waals surface area contributed by atoms with Gasteiger partial charge in [-0.1, -0.05) is 12.1 Å². The lowest BCUT2D eigenvalue weighted by molar-refractivity contribution is 0.0378. The summed E-state index contributed by atoms with van der Waals surface area (Å²) in [5.41, 5.74) is 8.15. The van der Waals surface area contributed by atoms with E-state index in [2.05, 4.69) is 4.98 Å². The molecule has 2 radical (unpaired) electrons. The fourth-order valence-electron chi connectivity index (χ4n) is 1.96. The standard InChI is InChI=1S/C16H15BN2O3/c1-9(2)22-16(21)11-5-3-10(4-6-11)15-14(18)12(8-20)7-13(17)19-15/h3-9H,18H2,1-2H3. The average Bonchev–Trinajstić information content (AvgIpc) is 2.48. The van der Waals surface area contributed by atoms with Crippen molar-refractivity contribution in [1.29, 1.82) is 0 Å². The topological polar surface area (TPSA) is 82.3 Å². The second kappa shape index (κ2) is 6.43. The molecule has 0 unspecified atom stereocenters. The number of hydrogen-bond acceptors (Lipinski definition) is 5. The van der Waals surface area contributed by atoms with Gasteiger partial charge in [0, 0.05) is 11.1 Å². The van der Waals surface area contributed by atoms with Crippen molar-refractivity contribution in [2.75, 3.05) is 5.73 Å². The Bertz CT molecular complexity index is 712. The largest absolute Gasteiger partial charge is 0.459 e. The van der Waals surface area contributed by atoms with Gasteiger partial charge in [-0.15, -0.1) is 0 Å². The van der Waals surface area contributed by atoms with E-state index in [0.29, 0.717) is 23.1 Å². The van der Waals surface area contributed by atoms with E-state index in [4.69, 9.17) is 18.3 Å². The van der Waals surface area contributed by atoms with Crippen LogP contribution in [-0.4, -0.2) is 31.2 Å². The Morgan fingerprint density at radius 2 is 1.95 bits per heavy atom. The highest BCUT2D eigenvalue weighted by Gasteiger charge is 2.12. The molecule has 2 rings (SSSR count). The van der Waals surface area contributed by atoms with Crippen molar-refractivity contribution in [1.82, 2.24) is 4.98 Å². The number of nitrogens with zero attached hydrogens (tertiary/aromatic N) is 1. The van der Waals surface area contributed by atoms with Gasteiger partial charge in [0.05, 0.1) is 23.0 Å². The van der Waals surface area contributed by atoms with Crippen LogP contribution in [0.3, 0.4) is 0 Å². The maximum atomic E-state index is 11.8. The molecule has 22 heavy (non-hydrogen) atoms. The van der Waals surface area contributed by atoms with Gasteiger partial charge < -0.3 is 10.5 Å². The molecule has 2 N–H and O–H groups in total. The molecule has 0 bridgehead atoms. The Kier molecular flexibility index (Phi) is 4.60. The number of nitrogens with two attached hydrogens (primary N) is 1. The minimum absolute atomic E-state index is 0.187. The van der Waals surface area contributed by atoms with Crippen LogP contribution in [0.2, 0.25) is 0 Å². The highest BCUT2D eigenvalue weighted by atomic mass is 16.5. The van der Waals surface area contributed by atoms with Gasteiger partial charge in [0.25, 0.3) is 0 Å². The zero-order valence-electron chi connectivity index (χ0n) is 12.4. The van der Waals surface area contributed by atoms with Crippen molar-refractivity contribution in [2.24, 2.45) is 0 Å². The molecule has 0 amide bonds. The molecule has 110 valence electrons. The van der Waals surface area contributed by atoms with Crippen molar-refractivity contribution >= 4 is 31.4 Å². The highest BCUT2D eigenvalue weighted by molar-refractivity contribution is 6.31. The SMILES string of the molecule is [B]c1cc(C=O)c(N)c(-c2ccc(C(=O)OC(C)C)cc2)n1. The van der Waals surface area contributed by atoms with Gasteiger partial charge in [0.1, 0.15) is 7.85 Å². The summed E-state index contributed by atoms with van der Waals surface area (Å²) in [6, 6.07) is 8.02. The summed E-state index contributed by atoms with van der Waals surface area (Å²) in [5.74, 6) is -0.399. The molecule has 0 atom stereocenters. The number of carbonyl (C=O) groups excluding carboxylic acids is 2. The summed E-state index contributed by atoms with van der Waals surface area (Å²) in [5, 5.41) is 0. The van der Waals surface area contributed by atoms with E-state index in [0.717, 1.165) is 0 Å². The maximum absolute atomic E-state index is 11.8. The lowest BCUT2D eigenvalue weighted by Crippen LogP contribution is -2.14. The third-order valence-electron chi connectivity index (χ3n) is 2.97. The average molecular weight is 294 g/mol. The van der Waals surface area contributed by atoms with E-state index >= 15 is 0 Å². The maximum Gasteiger partial charge on any atom is 0.338 e. The van der Waals surface area contributed by atoms with Crippen LogP contribution in [0.15, 0.2) is 30.3 Å². The third-order valence-corrected chi connectivity index (χ3v) is 2.97. The molecular weight excluding hydrogens is 279 g/mol. The Morgan fingerprint density at radius 1 is 1.32 bits per heavy atom. The first-order valence-electron chi connectivity index (χ1n) is 6.75. The molecule has 0 spiro atoms. The summed E-state index contributed by atoms with van der Waals surface area (Å²) >= 11 is 0. The van der Waals surface area contributed by atoms with Gasteiger partial charge in [-0.2, -0.15) is 0 Å². The Balaban J connectivity index is 2.37. The van der Waals surface area contributed by atoms with Gasteiger partial charge in [-0.25, -0.2) is 4.79 Å². The molecular formula is C16H15BN2O3. The summed E-state index contributed by atoms with van der Waals surface area (Å²) in [6.07, 6.45) is 0.444. The fraction of sp³-hybridized carbons (Fsp3) is 0.188.